The second-order valence-electron chi connectivity index (χ2n) is 8.64. The molecule has 4 rings (SSSR count). The molecule has 3 heterocycles. The Morgan fingerprint density at radius 3 is 2.39 bits per heavy atom. The molecule has 4 aromatic rings. The SMILES string of the molecule is CNc1ccc(Cn2nc(-c3nc(-c4ccc(C(C)(C)C(C)(F)F)cc4)no3)cc2C)cn1. The predicted octanol–water partition coefficient (Wildman–Crippen LogP) is 5.33. The second kappa shape index (κ2) is 8.38. The second-order valence-corrected chi connectivity index (χ2v) is 8.64. The first-order valence-electron chi connectivity index (χ1n) is 10.6. The number of aryl methyl sites for hydroxylation is 1. The maximum atomic E-state index is 14.0. The van der Waals surface area contributed by atoms with Gasteiger partial charge >= 0.3 is 0 Å². The highest BCUT2D eigenvalue weighted by Gasteiger charge is 2.43. The van der Waals surface area contributed by atoms with E-state index >= 15 is 0 Å². The Hall–Kier alpha value is -3.62. The molecule has 0 bridgehead atoms. The highest BCUT2D eigenvalue weighted by molar-refractivity contribution is 5.58. The van der Waals surface area contributed by atoms with E-state index in [2.05, 4.69) is 25.5 Å². The fourth-order valence-corrected chi connectivity index (χ4v) is 3.35. The van der Waals surface area contributed by atoms with Crippen LogP contribution in [0.3, 0.4) is 0 Å². The molecule has 0 saturated carbocycles. The molecule has 7 nitrogen and oxygen atoms in total. The maximum Gasteiger partial charge on any atom is 0.278 e. The molecule has 0 radical (unpaired) electrons. The van der Waals surface area contributed by atoms with E-state index in [1.165, 1.54) is 13.8 Å². The lowest BCUT2D eigenvalue weighted by Gasteiger charge is -2.31. The van der Waals surface area contributed by atoms with Crippen molar-refractivity contribution in [3.63, 3.8) is 0 Å². The number of anilines is 1. The Kier molecular flexibility index (Phi) is 5.73. The number of nitrogens with zero attached hydrogens (tertiary/aromatic N) is 5. The molecule has 0 saturated heterocycles. The molecular weight excluding hydrogens is 426 g/mol. The summed E-state index contributed by atoms with van der Waals surface area (Å²) in [5.41, 5.74) is 2.44. The van der Waals surface area contributed by atoms with Crippen LogP contribution in [0.15, 0.2) is 53.2 Å². The van der Waals surface area contributed by atoms with Gasteiger partial charge in [-0.1, -0.05) is 49.3 Å². The van der Waals surface area contributed by atoms with Crippen LogP contribution in [-0.4, -0.2) is 37.9 Å². The van der Waals surface area contributed by atoms with Crippen LogP contribution in [0.25, 0.3) is 23.0 Å². The summed E-state index contributed by atoms with van der Waals surface area (Å²) in [6.45, 7) is 6.49. The fraction of sp³-hybridized carbons (Fsp3) is 0.333. The van der Waals surface area contributed by atoms with E-state index < -0.39 is 11.3 Å². The van der Waals surface area contributed by atoms with E-state index in [-0.39, 0.29) is 0 Å². The summed E-state index contributed by atoms with van der Waals surface area (Å²) in [6.07, 6.45) is 1.80. The quantitative estimate of drug-likeness (QED) is 0.408. The van der Waals surface area contributed by atoms with E-state index in [4.69, 9.17) is 4.52 Å². The molecule has 0 aliphatic rings. The van der Waals surface area contributed by atoms with Crippen molar-refractivity contribution in [1.82, 2.24) is 24.9 Å². The van der Waals surface area contributed by atoms with Crippen LogP contribution in [-0.2, 0) is 12.0 Å². The van der Waals surface area contributed by atoms with E-state index in [1.807, 2.05) is 36.9 Å². The Labute approximate surface area is 190 Å². The third kappa shape index (κ3) is 4.48. The smallest absolute Gasteiger partial charge is 0.278 e. The Morgan fingerprint density at radius 2 is 1.79 bits per heavy atom. The number of pyridine rings is 1. The number of hydrogen-bond acceptors (Lipinski definition) is 6. The summed E-state index contributed by atoms with van der Waals surface area (Å²) in [5, 5.41) is 11.6. The average molecular weight is 453 g/mol. The van der Waals surface area contributed by atoms with E-state index in [0.717, 1.165) is 24.0 Å². The zero-order valence-corrected chi connectivity index (χ0v) is 19.2. The summed E-state index contributed by atoms with van der Waals surface area (Å²) in [4.78, 5) is 8.78. The minimum Gasteiger partial charge on any atom is -0.373 e. The molecule has 9 heteroatoms. The van der Waals surface area contributed by atoms with Crippen molar-refractivity contribution in [2.24, 2.45) is 0 Å². The molecule has 33 heavy (non-hydrogen) atoms. The first-order valence-corrected chi connectivity index (χ1v) is 10.6. The van der Waals surface area contributed by atoms with Crippen LogP contribution in [0.2, 0.25) is 0 Å². The van der Waals surface area contributed by atoms with Gasteiger partial charge in [0.15, 0.2) is 5.69 Å². The molecule has 172 valence electrons. The van der Waals surface area contributed by atoms with Gasteiger partial charge in [0.25, 0.3) is 11.8 Å². The topological polar surface area (TPSA) is 81.7 Å². The predicted molar refractivity (Wildman–Crippen MR) is 122 cm³/mol. The van der Waals surface area contributed by atoms with Gasteiger partial charge in [0.05, 0.1) is 12.0 Å². The monoisotopic (exact) mass is 452 g/mol. The van der Waals surface area contributed by atoms with Crippen LogP contribution in [0, 0.1) is 6.92 Å². The van der Waals surface area contributed by atoms with Gasteiger partial charge in [0, 0.05) is 31.4 Å². The zero-order valence-electron chi connectivity index (χ0n) is 19.2. The Bertz CT molecular complexity index is 1240. The van der Waals surface area contributed by atoms with E-state index in [1.54, 1.807) is 30.5 Å². The summed E-state index contributed by atoms with van der Waals surface area (Å²) in [7, 11) is 1.82. The number of halogens is 2. The van der Waals surface area contributed by atoms with E-state index in [0.29, 0.717) is 35.1 Å². The number of aromatic nitrogens is 5. The van der Waals surface area contributed by atoms with Gasteiger partial charge in [0.1, 0.15) is 5.82 Å². The summed E-state index contributed by atoms with van der Waals surface area (Å²) in [6, 6.07) is 12.6. The van der Waals surface area contributed by atoms with Crippen molar-refractivity contribution in [2.45, 2.75) is 45.6 Å². The van der Waals surface area contributed by atoms with E-state index in [9.17, 15) is 8.78 Å². The summed E-state index contributed by atoms with van der Waals surface area (Å²) >= 11 is 0. The van der Waals surface area contributed by atoms with Crippen molar-refractivity contribution < 1.29 is 13.3 Å². The lowest BCUT2D eigenvalue weighted by Crippen LogP contribution is -2.37. The van der Waals surface area contributed by atoms with Crippen LogP contribution in [0.5, 0.6) is 0 Å². The van der Waals surface area contributed by atoms with Gasteiger partial charge < -0.3 is 9.84 Å². The maximum absolute atomic E-state index is 14.0. The minimum atomic E-state index is -2.85. The normalized spacial score (nSPS) is 12.2. The highest BCUT2D eigenvalue weighted by Crippen LogP contribution is 2.39. The molecule has 1 aromatic carbocycles. The Morgan fingerprint density at radius 1 is 1.06 bits per heavy atom. The number of hydrogen-bond donors (Lipinski definition) is 1. The summed E-state index contributed by atoms with van der Waals surface area (Å²) in [5.74, 6) is -1.39. The molecule has 0 amide bonds. The van der Waals surface area contributed by atoms with Crippen molar-refractivity contribution in [3.8, 4) is 23.0 Å². The highest BCUT2D eigenvalue weighted by atomic mass is 19.3. The molecule has 0 unspecified atom stereocenters. The van der Waals surface area contributed by atoms with Crippen LogP contribution < -0.4 is 5.32 Å². The average Bonchev–Trinajstić information content (AvgIpc) is 3.41. The van der Waals surface area contributed by atoms with Gasteiger partial charge in [-0.25, -0.2) is 13.8 Å². The largest absolute Gasteiger partial charge is 0.373 e. The number of benzene rings is 1. The van der Waals surface area contributed by atoms with Gasteiger partial charge in [-0.2, -0.15) is 10.1 Å². The number of rotatable bonds is 7. The molecule has 0 aliphatic heterocycles. The lowest BCUT2D eigenvalue weighted by molar-refractivity contribution is -0.0467. The molecule has 0 spiro atoms. The standard InChI is InChI=1S/C24H26F2N6O/c1-15-12-19(30-32(15)14-16-6-11-20(27-5)28-13-16)22-29-21(31-33-22)17-7-9-18(10-8-17)23(2,3)24(4,25)26/h6-13H,14H2,1-5H3,(H,27,28). The molecule has 0 fully saturated rings. The molecule has 0 aliphatic carbocycles. The lowest BCUT2D eigenvalue weighted by atomic mass is 9.79. The van der Waals surface area contributed by atoms with Gasteiger partial charge in [-0.05, 0) is 30.2 Å². The summed E-state index contributed by atoms with van der Waals surface area (Å²) < 4.78 is 35.2. The van der Waals surface area contributed by atoms with Crippen molar-refractivity contribution in [1.29, 1.82) is 0 Å². The van der Waals surface area contributed by atoms with Crippen LogP contribution in [0.4, 0.5) is 14.6 Å². The first-order chi connectivity index (χ1) is 15.6. The van der Waals surface area contributed by atoms with Gasteiger partial charge in [0.2, 0.25) is 5.82 Å². The molecule has 0 atom stereocenters. The number of alkyl halides is 2. The van der Waals surface area contributed by atoms with Crippen molar-refractivity contribution in [3.05, 3.63) is 65.5 Å². The van der Waals surface area contributed by atoms with Gasteiger partial charge in [-0.15, -0.1) is 0 Å². The van der Waals surface area contributed by atoms with Crippen molar-refractivity contribution >= 4 is 5.82 Å². The number of nitrogens with one attached hydrogen (secondary N) is 1. The zero-order chi connectivity index (χ0) is 23.8. The van der Waals surface area contributed by atoms with Crippen LogP contribution in [0.1, 0.15) is 37.6 Å². The van der Waals surface area contributed by atoms with Gasteiger partial charge in [-0.3, -0.25) is 4.68 Å². The van der Waals surface area contributed by atoms with Crippen LogP contribution >= 0.6 is 0 Å². The Balaban J connectivity index is 1.53. The molecular formula is C24H26F2N6O. The minimum absolute atomic E-state index is 0.292. The molecule has 1 N–H and O–H groups in total. The third-order valence-electron chi connectivity index (χ3n) is 6.00. The third-order valence-corrected chi connectivity index (χ3v) is 6.00. The van der Waals surface area contributed by atoms with Crippen molar-refractivity contribution in [2.75, 3.05) is 12.4 Å². The first kappa shape index (κ1) is 22.6. The fourth-order valence-electron chi connectivity index (χ4n) is 3.35. The molecule has 3 aromatic heterocycles.